The zero-order chi connectivity index (χ0) is 11.4. The Bertz CT molecular complexity index is 363. The lowest BCUT2D eigenvalue weighted by molar-refractivity contribution is 0.0963. The maximum atomic E-state index is 13.1. The Labute approximate surface area is 94.3 Å². The van der Waals surface area contributed by atoms with E-state index in [2.05, 4.69) is 0 Å². The Morgan fingerprint density at radius 2 is 2.20 bits per heavy atom. The zero-order valence-electron chi connectivity index (χ0n) is 8.89. The minimum absolute atomic E-state index is 0.0641. The average molecular weight is 229 g/mol. The van der Waals surface area contributed by atoms with Crippen molar-refractivity contribution < 1.29 is 9.18 Å². The van der Waals surface area contributed by atoms with Crippen LogP contribution in [0.1, 0.15) is 37.0 Å². The van der Waals surface area contributed by atoms with Crippen molar-refractivity contribution in [2.24, 2.45) is 5.92 Å². The molecule has 3 heteroatoms. The number of rotatable bonds is 4. The molecule has 0 spiro atoms. The van der Waals surface area contributed by atoms with Crippen molar-refractivity contribution >= 4 is 17.4 Å². The van der Waals surface area contributed by atoms with Gasteiger partial charge < -0.3 is 0 Å². The highest BCUT2D eigenvalue weighted by Crippen LogP contribution is 2.22. The molecule has 0 radical (unpaired) electrons. The molecule has 1 rings (SSSR count). The molecule has 0 N–H and O–H groups in total. The maximum Gasteiger partial charge on any atom is 0.164 e. The number of Topliss-reactive ketones (excluding diaryl/α,β-unsaturated/α-hetero) is 1. The Balaban J connectivity index is 2.87. The Morgan fingerprint density at radius 3 is 2.80 bits per heavy atom. The van der Waals surface area contributed by atoms with Crippen LogP contribution < -0.4 is 0 Å². The van der Waals surface area contributed by atoms with E-state index in [9.17, 15) is 9.18 Å². The standard InChI is InChI=1S/C12H14ClFO/c1-3-8(2)7-11(15)9-5-4-6-10(14)12(9)13/h4-6,8H,3,7H2,1-2H3. The van der Waals surface area contributed by atoms with E-state index in [0.717, 1.165) is 6.42 Å². The second-order valence-corrected chi connectivity index (χ2v) is 4.12. The molecule has 1 atom stereocenters. The fourth-order valence-corrected chi connectivity index (χ4v) is 1.52. The number of carbonyl (C=O) groups is 1. The SMILES string of the molecule is CCC(C)CC(=O)c1cccc(F)c1Cl. The number of halogens is 2. The van der Waals surface area contributed by atoms with Crippen molar-refractivity contribution in [3.63, 3.8) is 0 Å². The fourth-order valence-electron chi connectivity index (χ4n) is 1.29. The van der Waals surface area contributed by atoms with Crippen molar-refractivity contribution in [1.29, 1.82) is 0 Å². The lowest BCUT2D eigenvalue weighted by Gasteiger charge is -2.08. The van der Waals surface area contributed by atoms with Gasteiger partial charge in [-0.3, -0.25) is 4.79 Å². The Morgan fingerprint density at radius 1 is 1.53 bits per heavy atom. The molecule has 0 heterocycles. The van der Waals surface area contributed by atoms with Crippen LogP contribution in [-0.2, 0) is 0 Å². The second kappa shape index (κ2) is 5.26. The summed E-state index contributed by atoms with van der Waals surface area (Å²) in [4.78, 5) is 11.7. The molecule has 1 aromatic carbocycles. The van der Waals surface area contributed by atoms with Gasteiger partial charge in [-0.25, -0.2) is 4.39 Å². The number of ketones is 1. The van der Waals surface area contributed by atoms with E-state index in [0.29, 0.717) is 12.3 Å². The normalized spacial score (nSPS) is 12.5. The summed E-state index contributed by atoms with van der Waals surface area (Å²) in [6.07, 6.45) is 1.35. The van der Waals surface area contributed by atoms with Crippen molar-refractivity contribution in [1.82, 2.24) is 0 Å². The fraction of sp³-hybridized carbons (Fsp3) is 0.417. The van der Waals surface area contributed by atoms with Gasteiger partial charge >= 0.3 is 0 Å². The van der Waals surface area contributed by atoms with Crippen LogP contribution in [0.15, 0.2) is 18.2 Å². The topological polar surface area (TPSA) is 17.1 Å². The first-order valence-corrected chi connectivity index (χ1v) is 5.41. The molecule has 0 aliphatic carbocycles. The van der Waals surface area contributed by atoms with Gasteiger partial charge in [0.15, 0.2) is 5.78 Å². The second-order valence-electron chi connectivity index (χ2n) is 3.74. The van der Waals surface area contributed by atoms with Gasteiger partial charge in [-0.05, 0) is 18.1 Å². The first kappa shape index (κ1) is 12.2. The first-order valence-electron chi connectivity index (χ1n) is 5.03. The molecule has 0 saturated carbocycles. The van der Waals surface area contributed by atoms with Crippen molar-refractivity contribution in [3.8, 4) is 0 Å². The van der Waals surface area contributed by atoms with Gasteiger partial charge in [0.25, 0.3) is 0 Å². The molecule has 15 heavy (non-hydrogen) atoms. The molecular weight excluding hydrogens is 215 g/mol. The molecule has 0 aliphatic rings. The van der Waals surface area contributed by atoms with E-state index in [1.54, 1.807) is 6.07 Å². The number of benzene rings is 1. The van der Waals surface area contributed by atoms with E-state index < -0.39 is 5.82 Å². The summed E-state index contributed by atoms with van der Waals surface area (Å²) >= 11 is 5.72. The summed E-state index contributed by atoms with van der Waals surface area (Å²) < 4.78 is 13.1. The predicted octanol–water partition coefficient (Wildman–Crippen LogP) is 4.10. The van der Waals surface area contributed by atoms with Crippen molar-refractivity contribution in [3.05, 3.63) is 34.6 Å². The highest BCUT2D eigenvalue weighted by molar-refractivity contribution is 6.34. The molecule has 0 aliphatic heterocycles. The van der Waals surface area contributed by atoms with Gasteiger partial charge in [0, 0.05) is 12.0 Å². The summed E-state index contributed by atoms with van der Waals surface area (Å²) in [6, 6.07) is 4.32. The Kier molecular flexibility index (Phi) is 4.28. The number of hydrogen-bond acceptors (Lipinski definition) is 1. The van der Waals surface area contributed by atoms with Gasteiger partial charge in [-0.15, -0.1) is 0 Å². The van der Waals surface area contributed by atoms with E-state index in [1.165, 1.54) is 12.1 Å². The summed E-state index contributed by atoms with van der Waals surface area (Å²) in [7, 11) is 0. The van der Waals surface area contributed by atoms with Gasteiger partial charge in [0.05, 0.1) is 5.02 Å². The van der Waals surface area contributed by atoms with Gasteiger partial charge in [0.2, 0.25) is 0 Å². The summed E-state index contributed by atoms with van der Waals surface area (Å²) in [5, 5.41) is -0.0641. The minimum Gasteiger partial charge on any atom is -0.294 e. The molecule has 0 bridgehead atoms. The van der Waals surface area contributed by atoms with Gasteiger partial charge in [0.1, 0.15) is 5.82 Å². The largest absolute Gasteiger partial charge is 0.294 e. The molecule has 1 nitrogen and oxygen atoms in total. The third-order valence-corrected chi connectivity index (χ3v) is 2.87. The highest BCUT2D eigenvalue weighted by Gasteiger charge is 2.15. The zero-order valence-corrected chi connectivity index (χ0v) is 9.64. The molecule has 1 aromatic rings. The Hall–Kier alpha value is -0.890. The third-order valence-electron chi connectivity index (χ3n) is 2.48. The van der Waals surface area contributed by atoms with E-state index in [-0.39, 0.29) is 16.4 Å². The summed E-state index contributed by atoms with van der Waals surface area (Å²) in [5.74, 6) is -0.322. The predicted molar refractivity (Wildman–Crippen MR) is 59.8 cm³/mol. The van der Waals surface area contributed by atoms with Crippen LogP contribution in [0.25, 0.3) is 0 Å². The molecule has 0 fully saturated rings. The van der Waals surface area contributed by atoms with E-state index >= 15 is 0 Å². The molecule has 1 unspecified atom stereocenters. The van der Waals surface area contributed by atoms with Crippen LogP contribution in [0.3, 0.4) is 0 Å². The molecule has 0 amide bonds. The van der Waals surface area contributed by atoms with Crippen molar-refractivity contribution in [2.45, 2.75) is 26.7 Å². The lowest BCUT2D eigenvalue weighted by Crippen LogP contribution is -2.06. The monoisotopic (exact) mass is 228 g/mol. The van der Waals surface area contributed by atoms with Crippen LogP contribution in [-0.4, -0.2) is 5.78 Å². The number of carbonyl (C=O) groups excluding carboxylic acids is 1. The lowest BCUT2D eigenvalue weighted by atomic mass is 9.98. The molecule has 82 valence electrons. The van der Waals surface area contributed by atoms with Crippen LogP contribution >= 0.6 is 11.6 Å². The van der Waals surface area contributed by atoms with Crippen LogP contribution in [0, 0.1) is 11.7 Å². The van der Waals surface area contributed by atoms with Crippen molar-refractivity contribution in [2.75, 3.05) is 0 Å². The number of hydrogen-bond donors (Lipinski definition) is 0. The third kappa shape index (κ3) is 3.03. The van der Waals surface area contributed by atoms with E-state index in [4.69, 9.17) is 11.6 Å². The van der Waals surface area contributed by atoms with Crippen LogP contribution in [0.2, 0.25) is 5.02 Å². The average Bonchev–Trinajstić information content (AvgIpc) is 2.21. The molecule has 0 aromatic heterocycles. The molecular formula is C12H14ClFO. The van der Waals surface area contributed by atoms with Crippen LogP contribution in [0.4, 0.5) is 4.39 Å². The maximum absolute atomic E-state index is 13.1. The molecule has 0 saturated heterocycles. The van der Waals surface area contributed by atoms with Gasteiger partial charge in [-0.2, -0.15) is 0 Å². The minimum atomic E-state index is -0.535. The quantitative estimate of drug-likeness (QED) is 0.710. The van der Waals surface area contributed by atoms with E-state index in [1.807, 2.05) is 13.8 Å². The first-order chi connectivity index (χ1) is 7.06. The highest BCUT2D eigenvalue weighted by atomic mass is 35.5. The van der Waals surface area contributed by atoms with Crippen LogP contribution in [0.5, 0.6) is 0 Å². The summed E-state index contributed by atoms with van der Waals surface area (Å²) in [5.41, 5.74) is 0.289. The summed E-state index contributed by atoms with van der Waals surface area (Å²) in [6.45, 7) is 4.01. The van der Waals surface area contributed by atoms with Gasteiger partial charge in [-0.1, -0.05) is 37.9 Å². The smallest absolute Gasteiger partial charge is 0.164 e.